The highest BCUT2D eigenvalue weighted by Crippen LogP contribution is 2.34. The third kappa shape index (κ3) is 3.27. The number of nitrogens with one attached hydrogen (secondary N) is 1. The molecule has 0 aliphatic carbocycles. The van der Waals surface area contributed by atoms with Crippen molar-refractivity contribution in [1.82, 2.24) is 4.98 Å². The van der Waals surface area contributed by atoms with Crippen LogP contribution in [0, 0.1) is 0 Å². The number of rotatable bonds is 3. The summed E-state index contributed by atoms with van der Waals surface area (Å²) in [5, 5.41) is 12.9. The molecule has 0 aliphatic heterocycles. The summed E-state index contributed by atoms with van der Waals surface area (Å²) in [5.41, 5.74) is 0.329. The SMILES string of the molecule is O=C(O)c1ccc(Cl)nc1Nc1cc(Cl)c(Cl)cc1Cl. The molecule has 0 aliphatic rings. The van der Waals surface area contributed by atoms with E-state index in [0.717, 1.165) is 0 Å². The number of carboxylic acids is 1. The minimum absolute atomic E-state index is 0.0449. The van der Waals surface area contributed by atoms with Crippen molar-refractivity contribution >= 4 is 63.9 Å². The second-order valence-corrected chi connectivity index (χ2v) is 5.32. The fraction of sp³-hybridized carbons (Fsp3) is 0. The van der Waals surface area contributed by atoms with E-state index in [9.17, 15) is 4.79 Å². The van der Waals surface area contributed by atoms with Crippen LogP contribution in [-0.2, 0) is 0 Å². The van der Waals surface area contributed by atoms with Crippen LogP contribution in [0.3, 0.4) is 0 Å². The lowest BCUT2D eigenvalue weighted by Gasteiger charge is -2.11. The number of halogens is 4. The zero-order chi connectivity index (χ0) is 14.9. The molecule has 0 amide bonds. The van der Waals surface area contributed by atoms with Crippen LogP contribution in [0.2, 0.25) is 20.2 Å². The zero-order valence-electron chi connectivity index (χ0n) is 9.62. The molecule has 0 fully saturated rings. The van der Waals surface area contributed by atoms with Crippen LogP contribution in [0.1, 0.15) is 10.4 Å². The third-order valence-corrected chi connectivity index (χ3v) is 3.60. The van der Waals surface area contributed by atoms with Crippen LogP contribution >= 0.6 is 46.4 Å². The van der Waals surface area contributed by atoms with E-state index in [1.54, 1.807) is 0 Å². The highest BCUT2D eigenvalue weighted by Gasteiger charge is 2.14. The van der Waals surface area contributed by atoms with Gasteiger partial charge in [-0.2, -0.15) is 0 Å². The maximum Gasteiger partial charge on any atom is 0.339 e. The van der Waals surface area contributed by atoms with Crippen LogP contribution in [0.25, 0.3) is 0 Å². The molecule has 0 bridgehead atoms. The Bertz CT molecular complexity index is 691. The molecule has 0 unspecified atom stereocenters. The van der Waals surface area contributed by atoms with Crippen molar-refractivity contribution in [2.75, 3.05) is 5.32 Å². The first-order valence-electron chi connectivity index (χ1n) is 5.20. The van der Waals surface area contributed by atoms with E-state index in [1.807, 2.05) is 0 Å². The molecular formula is C12H6Cl4N2O2. The van der Waals surface area contributed by atoms with Gasteiger partial charge < -0.3 is 10.4 Å². The Morgan fingerprint density at radius 2 is 1.70 bits per heavy atom. The number of anilines is 2. The Hall–Kier alpha value is -1.20. The molecule has 1 heterocycles. The van der Waals surface area contributed by atoms with Crippen LogP contribution < -0.4 is 5.32 Å². The standard InChI is InChI=1S/C12H6Cl4N2O2/c13-6-3-8(15)9(4-7(6)14)17-11-5(12(19)20)1-2-10(16)18-11/h1-4H,(H,17,18)(H,19,20). The first kappa shape index (κ1) is 15.2. The Labute approximate surface area is 134 Å². The fourth-order valence-corrected chi connectivity index (χ4v) is 2.19. The molecule has 0 radical (unpaired) electrons. The Kier molecular flexibility index (Phi) is 4.60. The highest BCUT2D eigenvalue weighted by molar-refractivity contribution is 6.44. The molecule has 2 N–H and O–H groups in total. The summed E-state index contributed by atoms with van der Waals surface area (Å²) in [7, 11) is 0. The smallest absolute Gasteiger partial charge is 0.339 e. The van der Waals surface area contributed by atoms with Gasteiger partial charge in [-0.05, 0) is 24.3 Å². The van der Waals surface area contributed by atoms with Gasteiger partial charge in [0.2, 0.25) is 0 Å². The molecule has 1 aromatic heterocycles. The molecule has 2 rings (SSSR count). The van der Waals surface area contributed by atoms with E-state index in [2.05, 4.69) is 10.3 Å². The third-order valence-electron chi connectivity index (χ3n) is 2.35. The van der Waals surface area contributed by atoms with Crippen molar-refractivity contribution in [3.8, 4) is 0 Å². The van der Waals surface area contributed by atoms with E-state index in [0.29, 0.717) is 10.7 Å². The van der Waals surface area contributed by atoms with Gasteiger partial charge in [0.25, 0.3) is 0 Å². The number of aromatic nitrogens is 1. The number of benzene rings is 1. The van der Waals surface area contributed by atoms with Crippen molar-refractivity contribution in [2.45, 2.75) is 0 Å². The van der Waals surface area contributed by atoms with Gasteiger partial charge in [-0.15, -0.1) is 0 Å². The number of carbonyl (C=O) groups is 1. The minimum atomic E-state index is -1.15. The predicted octanol–water partition coefficient (Wildman–Crippen LogP) is 5.14. The monoisotopic (exact) mass is 350 g/mol. The average Bonchev–Trinajstić information content (AvgIpc) is 2.35. The first-order valence-corrected chi connectivity index (χ1v) is 6.71. The summed E-state index contributed by atoms with van der Waals surface area (Å²) in [6.07, 6.45) is 0. The lowest BCUT2D eigenvalue weighted by molar-refractivity contribution is 0.0697. The number of hydrogen-bond acceptors (Lipinski definition) is 3. The van der Waals surface area contributed by atoms with Gasteiger partial charge in [-0.3, -0.25) is 0 Å². The zero-order valence-corrected chi connectivity index (χ0v) is 12.6. The highest BCUT2D eigenvalue weighted by atomic mass is 35.5. The molecule has 104 valence electrons. The fourth-order valence-electron chi connectivity index (χ4n) is 1.45. The second kappa shape index (κ2) is 6.06. The Balaban J connectivity index is 2.47. The Morgan fingerprint density at radius 3 is 2.35 bits per heavy atom. The summed E-state index contributed by atoms with van der Waals surface area (Å²) >= 11 is 23.5. The largest absolute Gasteiger partial charge is 0.478 e. The van der Waals surface area contributed by atoms with Gasteiger partial charge in [-0.1, -0.05) is 46.4 Å². The second-order valence-electron chi connectivity index (χ2n) is 3.71. The number of pyridine rings is 1. The first-order chi connectivity index (χ1) is 9.38. The van der Waals surface area contributed by atoms with Gasteiger partial charge >= 0.3 is 5.97 Å². The average molecular weight is 352 g/mol. The lowest BCUT2D eigenvalue weighted by Crippen LogP contribution is -2.05. The van der Waals surface area contributed by atoms with Crippen molar-refractivity contribution in [3.63, 3.8) is 0 Å². The normalized spacial score (nSPS) is 10.4. The summed E-state index contributed by atoms with van der Waals surface area (Å²) < 4.78 is 0. The number of carboxylic acid groups (broad SMARTS) is 1. The van der Waals surface area contributed by atoms with Gasteiger partial charge in [0.15, 0.2) is 0 Å². The van der Waals surface area contributed by atoms with E-state index >= 15 is 0 Å². The van der Waals surface area contributed by atoms with Crippen molar-refractivity contribution in [3.05, 3.63) is 50.0 Å². The summed E-state index contributed by atoms with van der Waals surface area (Å²) in [4.78, 5) is 15.0. The van der Waals surface area contributed by atoms with E-state index < -0.39 is 5.97 Å². The quantitative estimate of drug-likeness (QED) is 0.593. The van der Waals surface area contributed by atoms with Gasteiger partial charge in [-0.25, -0.2) is 9.78 Å². The molecule has 0 atom stereocenters. The molecule has 2 aromatic rings. The van der Waals surface area contributed by atoms with Crippen LogP contribution in [-0.4, -0.2) is 16.1 Å². The Morgan fingerprint density at radius 1 is 1.05 bits per heavy atom. The molecule has 0 saturated carbocycles. The summed E-state index contributed by atoms with van der Waals surface area (Å²) in [6, 6.07) is 5.64. The van der Waals surface area contributed by atoms with Crippen molar-refractivity contribution < 1.29 is 9.90 Å². The molecule has 1 aromatic carbocycles. The van der Waals surface area contributed by atoms with Gasteiger partial charge in [0.1, 0.15) is 16.5 Å². The van der Waals surface area contributed by atoms with Gasteiger partial charge in [0, 0.05) is 0 Å². The van der Waals surface area contributed by atoms with E-state index in [-0.39, 0.29) is 26.6 Å². The van der Waals surface area contributed by atoms with Crippen LogP contribution in [0.4, 0.5) is 11.5 Å². The molecule has 0 spiro atoms. The summed E-state index contributed by atoms with van der Waals surface area (Å²) in [5.74, 6) is -1.09. The maximum atomic E-state index is 11.1. The van der Waals surface area contributed by atoms with Crippen LogP contribution in [0.15, 0.2) is 24.3 Å². The van der Waals surface area contributed by atoms with Crippen LogP contribution in [0.5, 0.6) is 0 Å². The number of nitrogens with zero attached hydrogens (tertiary/aromatic N) is 1. The molecule has 20 heavy (non-hydrogen) atoms. The van der Waals surface area contributed by atoms with Crippen molar-refractivity contribution in [1.29, 1.82) is 0 Å². The molecule has 8 heteroatoms. The summed E-state index contributed by atoms with van der Waals surface area (Å²) in [6.45, 7) is 0. The molecule has 4 nitrogen and oxygen atoms in total. The number of aromatic carboxylic acids is 1. The van der Waals surface area contributed by atoms with E-state index in [1.165, 1.54) is 24.3 Å². The maximum absolute atomic E-state index is 11.1. The topological polar surface area (TPSA) is 62.2 Å². The van der Waals surface area contributed by atoms with Gasteiger partial charge in [0.05, 0.1) is 20.8 Å². The van der Waals surface area contributed by atoms with Crippen molar-refractivity contribution in [2.24, 2.45) is 0 Å². The number of hydrogen-bond donors (Lipinski definition) is 2. The molecule has 0 saturated heterocycles. The molecular weight excluding hydrogens is 346 g/mol. The minimum Gasteiger partial charge on any atom is -0.478 e. The van der Waals surface area contributed by atoms with E-state index in [4.69, 9.17) is 51.5 Å². The lowest BCUT2D eigenvalue weighted by atomic mass is 10.2. The predicted molar refractivity (Wildman–Crippen MR) is 81.0 cm³/mol.